The lowest BCUT2D eigenvalue weighted by atomic mass is 9.86. The van der Waals surface area contributed by atoms with Gasteiger partial charge in [0.2, 0.25) is 0 Å². The lowest BCUT2D eigenvalue weighted by Crippen LogP contribution is -2.10. The maximum absolute atomic E-state index is 5.36. The normalized spacial score (nSPS) is 11.5. The Bertz CT molecular complexity index is 2730. The first-order valence-corrected chi connectivity index (χ1v) is 18.9. The van der Waals surface area contributed by atoms with E-state index in [2.05, 4.69) is 208 Å². The second kappa shape index (κ2) is 14.2. The smallest absolute Gasteiger partial charge is 0.0973 e. The number of anilines is 3. The Morgan fingerprint density at radius 3 is 1.36 bits per heavy atom. The molecule has 0 unspecified atom stereocenters. The van der Waals surface area contributed by atoms with Crippen molar-refractivity contribution in [3.05, 3.63) is 200 Å². The fraction of sp³-hybridized carbons (Fsp3) is 0.0769. The zero-order valence-electron chi connectivity index (χ0n) is 31.3. The first-order valence-electron chi connectivity index (χ1n) is 18.9. The molecule has 8 aromatic carbocycles. The molecule has 0 atom stereocenters. The summed E-state index contributed by atoms with van der Waals surface area (Å²) in [6, 6.07) is 68.9. The first kappa shape index (κ1) is 34.0. The molecule has 0 aliphatic rings. The van der Waals surface area contributed by atoms with Crippen LogP contribution in [-0.4, -0.2) is 9.97 Å². The predicted octanol–water partition coefficient (Wildman–Crippen LogP) is 14.2. The Morgan fingerprint density at radius 2 is 0.818 bits per heavy atom. The minimum atomic E-state index is 0.130. The van der Waals surface area contributed by atoms with Crippen molar-refractivity contribution in [1.82, 2.24) is 9.97 Å². The Balaban J connectivity index is 1.08. The molecular weight excluding hydrogens is 667 g/mol. The van der Waals surface area contributed by atoms with Crippen molar-refractivity contribution >= 4 is 38.9 Å². The third-order valence-electron chi connectivity index (χ3n) is 10.4. The molecule has 0 aliphatic heterocycles. The van der Waals surface area contributed by atoms with Gasteiger partial charge >= 0.3 is 0 Å². The van der Waals surface area contributed by atoms with Crippen LogP contribution in [0.4, 0.5) is 17.1 Å². The summed E-state index contributed by atoms with van der Waals surface area (Å²) in [5, 5.41) is 2.22. The Morgan fingerprint density at radius 1 is 0.382 bits per heavy atom. The Kier molecular flexibility index (Phi) is 8.76. The molecule has 55 heavy (non-hydrogen) atoms. The summed E-state index contributed by atoms with van der Waals surface area (Å²) in [6.45, 7) is 6.76. The van der Waals surface area contributed by atoms with Crippen molar-refractivity contribution in [3.63, 3.8) is 0 Å². The van der Waals surface area contributed by atoms with E-state index in [-0.39, 0.29) is 5.41 Å². The molecule has 3 nitrogen and oxygen atoms in total. The van der Waals surface area contributed by atoms with Crippen LogP contribution in [0.3, 0.4) is 0 Å². The van der Waals surface area contributed by atoms with E-state index in [4.69, 9.17) is 9.97 Å². The summed E-state index contributed by atoms with van der Waals surface area (Å²) in [5.41, 5.74) is 15.1. The maximum atomic E-state index is 5.36. The summed E-state index contributed by atoms with van der Waals surface area (Å²) >= 11 is 0. The van der Waals surface area contributed by atoms with Gasteiger partial charge in [0, 0.05) is 33.6 Å². The van der Waals surface area contributed by atoms with Crippen molar-refractivity contribution in [3.8, 4) is 44.8 Å². The number of rotatable bonds is 7. The van der Waals surface area contributed by atoms with Crippen LogP contribution in [0.15, 0.2) is 194 Å². The molecule has 0 saturated carbocycles. The van der Waals surface area contributed by atoms with E-state index in [0.717, 1.165) is 72.5 Å². The van der Waals surface area contributed by atoms with Crippen LogP contribution in [0.25, 0.3) is 66.6 Å². The van der Waals surface area contributed by atoms with Crippen LogP contribution in [0.5, 0.6) is 0 Å². The van der Waals surface area contributed by atoms with Crippen LogP contribution >= 0.6 is 0 Å². The van der Waals surface area contributed by atoms with Gasteiger partial charge in [0.25, 0.3) is 0 Å². The largest absolute Gasteiger partial charge is 0.311 e. The van der Waals surface area contributed by atoms with Gasteiger partial charge in [0.1, 0.15) is 0 Å². The van der Waals surface area contributed by atoms with Crippen molar-refractivity contribution in [2.75, 3.05) is 4.90 Å². The van der Waals surface area contributed by atoms with Gasteiger partial charge in [-0.3, -0.25) is 0 Å². The second-order valence-corrected chi connectivity index (χ2v) is 15.1. The molecular formula is C52H41N3. The summed E-state index contributed by atoms with van der Waals surface area (Å²) in [5.74, 6) is 0. The molecule has 1 heterocycles. The molecule has 9 aromatic rings. The Labute approximate surface area is 323 Å². The van der Waals surface area contributed by atoms with Crippen LogP contribution < -0.4 is 4.90 Å². The molecule has 0 amide bonds. The van der Waals surface area contributed by atoms with Crippen molar-refractivity contribution in [2.45, 2.75) is 26.2 Å². The van der Waals surface area contributed by atoms with E-state index < -0.39 is 0 Å². The number of benzene rings is 8. The SMILES string of the molecule is CC(C)(C)c1ccc(-c2ccc(N(c3ccccc3)c3ccc(-c4ccc5ccc6nc(-c7ccccc7)c(-c7ccccc7)nc6c5c4)cc3)cc2)cc1. The van der Waals surface area contributed by atoms with E-state index in [1.807, 2.05) is 12.1 Å². The van der Waals surface area contributed by atoms with Gasteiger partial charge in [-0.2, -0.15) is 0 Å². The van der Waals surface area contributed by atoms with Crippen LogP contribution in [-0.2, 0) is 5.41 Å². The number of fused-ring (bicyclic) bond motifs is 3. The number of hydrogen-bond donors (Lipinski definition) is 0. The van der Waals surface area contributed by atoms with Crippen LogP contribution in [0, 0.1) is 0 Å². The highest BCUT2D eigenvalue weighted by Crippen LogP contribution is 2.38. The van der Waals surface area contributed by atoms with Crippen molar-refractivity contribution < 1.29 is 0 Å². The van der Waals surface area contributed by atoms with Crippen LogP contribution in [0.2, 0.25) is 0 Å². The van der Waals surface area contributed by atoms with Gasteiger partial charge in [-0.15, -0.1) is 0 Å². The van der Waals surface area contributed by atoms with E-state index in [1.54, 1.807) is 0 Å². The standard InChI is InChI=1S/C52H41N3/c1-52(2,3)43-28-21-36(22-29-43)37-23-30-45(31-24-37)55(44-17-11-6-12-18-44)46-32-25-38(26-33-46)42-20-19-39-27-34-48-51(47(39)35-42)54-50(41-15-9-5-10-16-41)49(53-48)40-13-7-4-8-14-40/h4-35H,1-3H3. The fourth-order valence-electron chi connectivity index (χ4n) is 7.41. The van der Waals surface area contributed by atoms with Crippen molar-refractivity contribution in [2.24, 2.45) is 0 Å². The highest BCUT2D eigenvalue weighted by Gasteiger charge is 2.17. The molecule has 0 bridgehead atoms. The van der Waals surface area contributed by atoms with E-state index in [9.17, 15) is 0 Å². The minimum absolute atomic E-state index is 0.130. The van der Waals surface area contributed by atoms with E-state index in [0.29, 0.717) is 0 Å². The molecule has 264 valence electrons. The second-order valence-electron chi connectivity index (χ2n) is 15.1. The number of para-hydroxylation sites is 1. The Hall–Kier alpha value is -6.84. The molecule has 0 fully saturated rings. The molecule has 0 radical (unpaired) electrons. The zero-order valence-corrected chi connectivity index (χ0v) is 31.3. The summed E-state index contributed by atoms with van der Waals surface area (Å²) < 4.78 is 0. The average Bonchev–Trinajstić information content (AvgIpc) is 3.24. The molecule has 3 heteroatoms. The number of aromatic nitrogens is 2. The lowest BCUT2D eigenvalue weighted by molar-refractivity contribution is 0.590. The maximum Gasteiger partial charge on any atom is 0.0973 e. The van der Waals surface area contributed by atoms with Gasteiger partial charge < -0.3 is 4.90 Å². The number of nitrogens with zero attached hydrogens (tertiary/aromatic N) is 3. The first-order chi connectivity index (χ1) is 26.9. The highest BCUT2D eigenvalue weighted by molar-refractivity contribution is 6.07. The van der Waals surface area contributed by atoms with E-state index >= 15 is 0 Å². The minimum Gasteiger partial charge on any atom is -0.311 e. The van der Waals surface area contributed by atoms with Gasteiger partial charge in [-0.25, -0.2) is 9.97 Å². The summed E-state index contributed by atoms with van der Waals surface area (Å²) in [6.07, 6.45) is 0. The topological polar surface area (TPSA) is 29.0 Å². The summed E-state index contributed by atoms with van der Waals surface area (Å²) in [4.78, 5) is 12.9. The fourth-order valence-corrected chi connectivity index (χ4v) is 7.41. The zero-order chi connectivity index (χ0) is 37.4. The predicted molar refractivity (Wildman–Crippen MR) is 232 cm³/mol. The molecule has 1 aromatic heterocycles. The lowest BCUT2D eigenvalue weighted by Gasteiger charge is -2.26. The van der Waals surface area contributed by atoms with Gasteiger partial charge in [-0.1, -0.05) is 166 Å². The quantitative estimate of drug-likeness (QED) is 0.154. The summed E-state index contributed by atoms with van der Waals surface area (Å²) in [7, 11) is 0. The third kappa shape index (κ3) is 6.77. The van der Waals surface area contributed by atoms with Gasteiger partial charge in [0.15, 0.2) is 0 Å². The molecule has 0 N–H and O–H groups in total. The van der Waals surface area contributed by atoms with Crippen LogP contribution in [0.1, 0.15) is 26.3 Å². The molecule has 0 saturated heterocycles. The molecule has 0 spiro atoms. The molecule has 9 rings (SSSR count). The van der Waals surface area contributed by atoms with Crippen molar-refractivity contribution in [1.29, 1.82) is 0 Å². The van der Waals surface area contributed by atoms with Gasteiger partial charge in [-0.05, 0) is 87.1 Å². The monoisotopic (exact) mass is 707 g/mol. The highest BCUT2D eigenvalue weighted by atomic mass is 15.1. The van der Waals surface area contributed by atoms with Gasteiger partial charge in [0.05, 0.1) is 22.4 Å². The molecule has 0 aliphatic carbocycles. The van der Waals surface area contributed by atoms with E-state index in [1.165, 1.54) is 16.7 Å². The number of hydrogen-bond acceptors (Lipinski definition) is 3. The third-order valence-corrected chi connectivity index (χ3v) is 10.4. The average molecular weight is 708 g/mol.